The van der Waals surface area contributed by atoms with Crippen molar-refractivity contribution < 1.29 is 19.4 Å². The molecule has 4 saturated heterocycles. The standard InChI is InChI=1S/C19H23N3O4/c23-15-6-16-17(24)21(7-13-4-2-1-3-5-13)18(25)19(22(16)8-15)11-20(12-19)14-9-26-10-14/h1-5,14-16,23H,6-12H2. The number of likely N-dealkylation sites (tertiary alicyclic amines) is 1. The van der Waals surface area contributed by atoms with Crippen LogP contribution in [0.2, 0.25) is 0 Å². The molecule has 1 aromatic rings. The highest BCUT2D eigenvalue weighted by Crippen LogP contribution is 2.42. The number of benzene rings is 1. The Morgan fingerprint density at radius 3 is 2.54 bits per heavy atom. The smallest absolute Gasteiger partial charge is 0.252 e. The quantitative estimate of drug-likeness (QED) is 0.732. The van der Waals surface area contributed by atoms with Crippen LogP contribution in [0.5, 0.6) is 0 Å². The van der Waals surface area contributed by atoms with Gasteiger partial charge in [-0.3, -0.25) is 24.3 Å². The van der Waals surface area contributed by atoms with Crippen molar-refractivity contribution in [3.05, 3.63) is 35.9 Å². The number of β-amino-alcohol motifs (C(OH)–C–C–N with tert-alkyl or cyclic N) is 1. The van der Waals surface area contributed by atoms with Gasteiger partial charge in [0, 0.05) is 19.6 Å². The molecule has 2 amide bonds. The maximum absolute atomic E-state index is 13.4. The summed E-state index contributed by atoms with van der Waals surface area (Å²) in [7, 11) is 0. The molecule has 0 radical (unpaired) electrons. The number of rotatable bonds is 3. The molecule has 5 rings (SSSR count). The Labute approximate surface area is 152 Å². The van der Waals surface area contributed by atoms with Gasteiger partial charge in [0.1, 0.15) is 5.54 Å². The molecule has 2 unspecified atom stereocenters. The van der Waals surface area contributed by atoms with Crippen molar-refractivity contribution >= 4 is 11.8 Å². The summed E-state index contributed by atoms with van der Waals surface area (Å²) in [5, 5.41) is 10.2. The topological polar surface area (TPSA) is 73.3 Å². The molecule has 0 saturated carbocycles. The summed E-state index contributed by atoms with van der Waals surface area (Å²) in [5.74, 6) is -0.292. The minimum absolute atomic E-state index is 0.117. The molecule has 138 valence electrons. The van der Waals surface area contributed by atoms with E-state index in [0.29, 0.717) is 51.9 Å². The van der Waals surface area contributed by atoms with Gasteiger partial charge in [-0.1, -0.05) is 30.3 Å². The van der Waals surface area contributed by atoms with Gasteiger partial charge >= 0.3 is 0 Å². The Hall–Kier alpha value is -1.80. The Morgan fingerprint density at radius 1 is 1.15 bits per heavy atom. The summed E-state index contributed by atoms with van der Waals surface area (Å²) in [6, 6.07) is 9.59. The fourth-order valence-electron chi connectivity index (χ4n) is 4.73. The van der Waals surface area contributed by atoms with Crippen LogP contribution in [-0.2, 0) is 20.9 Å². The number of nitrogens with zero attached hydrogens (tertiary/aromatic N) is 3. The number of imide groups is 1. The van der Waals surface area contributed by atoms with Crippen molar-refractivity contribution in [2.75, 3.05) is 32.8 Å². The monoisotopic (exact) mass is 357 g/mol. The van der Waals surface area contributed by atoms with Crippen molar-refractivity contribution in [3.8, 4) is 0 Å². The zero-order valence-corrected chi connectivity index (χ0v) is 14.6. The van der Waals surface area contributed by atoms with Crippen LogP contribution in [0.15, 0.2) is 30.3 Å². The Bertz CT molecular complexity index is 730. The summed E-state index contributed by atoms with van der Waals surface area (Å²) < 4.78 is 5.27. The minimum atomic E-state index is -0.680. The molecule has 26 heavy (non-hydrogen) atoms. The van der Waals surface area contributed by atoms with Crippen LogP contribution in [0.1, 0.15) is 12.0 Å². The minimum Gasteiger partial charge on any atom is -0.392 e. The number of hydrogen-bond donors (Lipinski definition) is 1. The zero-order chi connectivity index (χ0) is 17.9. The third kappa shape index (κ3) is 2.28. The normalized spacial score (nSPS) is 31.8. The fraction of sp³-hybridized carbons (Fsp3) is 0.579. The first-order chi connectivity index (χ1) is 12.6. The maximum atomic E-state index is 13.4. The average molecular weight is 357 g/mol. The first kappa shape index (κ1) is 16.4. The van der Waals surface area contributed by atoms with E-state index in [-0.39, 0.29) is 11.8 Å². The number of amides is 2. The van der Waals surface area contributed by atoms with Crippen molar-refractivity contribution in [1.29, 1.82) is 0 Å². The molecular weight excluding hydrogens is 334 g/mol. The number of aliphatic hydroxyl groups excluding tert-OH is 1. The summed E-state index contributed by atoms with van der Waals surface area (Å²) in [5.41, 5.74) is 0.264. The fourth-order valence-corrected chi connectivity index (χ4v) is 4.73. The van der Waals surface area contributed by atoms with E-state index in [1.165, 1.54) is 4.90 Å². The molecule has 2 atom stereocenters. The van der Waals surface area contributed by atoms with E-state index in [0.717, 1.165) is 5.56 Å². The van der Waals surface area contributed by atoms with Crippen molar-refractivity contribution in [2.45, 2.75) is 36.7 Å². The first-order valence-electron chi connectivity index (χ1n) is 9.25. The molecule has 1 aromatic carbocycles. The third-order valence-electron chi connectivity index (χ3n) is 6.27. The van der Waals surface area contributed by atoms with E-state index < -0.39 is 17.7 Å². The van der Waals surface area contributed by atoms with Crippen LogP contribution in [0.25, 0.3) is 0 Å². The second-order valence-electron chi connectivity index (χ2n) is 7.90. The second kappa shape index (κ2) is 5.85. The van der Waals surface area contributed by atoms with Gasteiger partial charge in [-0.25, -0.2) is 0 Å². The molecule has 0 bridgehead atoms. The zero-order valence-electron chi connectivity index (χ0n) is 14.6. The molecule has 0 aromatic heterocycles. The number of hydrogen-bond acceptors (Lipinski definition) is 6. The number of ether oxygens (including phenoxy) is 1. The summed E-state index contributed by atoms with van der Waals surface area (Å²) >= 11 is 0. The van der Waals surface area contributed by atoms with Crippen molar-refractivity contribution in [2.24, 2.45) is 0 Å². The molecule has 4 fully saturated rings. The Kier molecular flexibility index (Phi) is 3.69. The average Bonchev–Trinajstić information content (AvgIpc) is 2.95. The van der Waals surface area contributed by atoms with Crippen LogP contribution in [-0.4, -0.2) is 88.2 Å². The highest BCUT2D eigenvalue weighted by Gasteiger charge is 2.65. The van der Waals surface area contributed by atoms with E-state index in [9.17, 15) is 14.7 Å². The summed E-state index contributed by atoms with van der Waals surface area (Å²) in [6.07, 6.45) is -0.141. The molecular formula is C19H23N3O4. The maximum Gasteiger partial charge on any atom is 0.252 e. The lowest BCUT2D eigenvalue weighted by Crippen LogP contribution is -2.83. The Balaban J connectivity index is 1.44. The number of carbonyl (C=O) groups excluding carboxylic acids is 2. The van der Waals surface area contributed by atoms with Crippen molar-refractivity contribution in [1.82, 2.24) is 14.7 Å². The first-order valence-corrected chi connectivity index (χ1v) is 9.25. The van der Waals surface area contributed by atoms with Gasteiger partial charge < -0.3 is 9.84 Å². The molecule has 7 heteroatoms. The predicted molar refractivity (Wildman–Crippen MR) is 92.0 cm³/mol. The van der Waals surface area contributed by atoms with Gasteiger partial charge in [0.05, 0.1) is 37.9 Å². The van der Waals surface area contributed by atoms with Gasteiger partial charge in [-0.2, -0.15) is 0 Å². The lowest BCUT2D eigenvalue weighted by atomic mass is 9.81. The molecule has 4 aliphatic rings. The van der Waals surface area contributed by atoms with Gasteiger partial charge in [-0.15, -0.1) is 0 Å². The van der Waals surface area contributed by atoms with Gasteiger partial charge in [0.25, 0.3) is 5.91 Å². The largest absolute Gasteiger partial charge is 0.392 e. The highest BCUT2D eigenvalue weighted by atomic mass is 16.5. The highest BCUT2D eigenvalue weighted by molar-refractivity contribution is 6.06. The summed E-state index contributed by atoms with van der Waals surface area (Å²) in [4.78, 5) is 32.0. The van der Waals surface area contributed by atoms with E-state index in [2.05, 4.69) is 4.90 Å². The van der Waals surface area contributed by atoms with Gasteiger partial charge in [0.15, 0.2) is 0 Å². The lowest BCUT2D eigenvalue weighted by Gasteiger charge is -2.61. The SMILES string of the molecule is O=C1C2CC(O)CN2C2(CN(C3COC3)C2)C(=O)N1Cc1ccccc1. The van der Waals surface area contributed by atoms with Gasteiger partial charge in [-0.05, 0) is 12.0 Å². The third-order valence-corrected chi connectivity index (χ3v) is 6.27. The second-order valence-corrected chi connectivity index (χ2v) is 7.90. The summed E-state index contributed by atoms with van der Waals surface area (Å²) in [6.45, 7) is 3.35. The lowest BCUT2D eigenvalue weighted by molar-refractivity contribution is -0.193. The number of fused-ring (bicyclic) bond motifs is 2. The van der Waals surface area contributed by atoms with Crippen LogP contribution >= 0.6 is 0 Å². The van der Waals surface area contributed by atoms with E-state index in [1.807, 2.05) is 35.2 Å². The molecule has 1 N–H and O–H groups in total. The van der Waals surface area contributed by atoms with Crippen LogP contribution in [0.4, 0.5) is 0 Å². The van der Waals surface area contributed by atoms with Crippen molar-refractivity contribution in [3.63, 3.8) is 0 Å². The van der Waals surface area contributed by atoms with Gasteiger partial charge in [0.2, 0.25) is 5.91 Å². The van der Waals surface area contributed by atoms with Crippen LogP contribution in [0.3, 0.4) is 0 Å². The van der Waals surface area contributed by atoms with E-state index in [4.69, 9.17) is 4.74 Å². The molecule has 7 nitrogen and oxygen atoms in total. The van der Waals surface area contributed by atoms with Crippen LogP contribution in [0, 0.1) is 0 Å². The predicted octanol–water partition coefficient (Wildman–Crippen LogP) is -0.556. The number of piperazine rings is 1. The van der Waals surface area contributed by atoms with Crippen LogP contribution < -0.4 is 0 Å². The molecule has 4 aliphatic heterocycles. The molecule has 0 aliphatic carbocycles. The van der Waals surface area contributed by atoms with E-state index in [1.54, 1.807) is 0 Å². The number of aliphatic hydroxyl groups is 1. The number of carbonyl (C=O) groups is 2. The molecule has 1 spiro atoms. The molecule has 4 heterocycles. The van der Waals surface area contributed by atoms with E-state index >= 15 is 0 Å². The Morgan fingerprint density at radius 2 is 1.88 bits per heavy atom.